The smallest absolute Gasteiger partial charge is 0.170 e. The summed E-state index contributed by atoms with van der Waals surface area (Å²) in [6.45, 7) is 0.686. The molecule has 1 aromatic carbocycles. The van der Waals surface area contributed by atoms with Gasteiger partial charge >= 0.3 is 0 Å². The molecule has 0 saturated heterocycles. The minimum Gasteiger partial charge on any atom is -0.368 e. The molecule has 1 aromatic heterocycles. The summed E-state index contributed by atoms with van der Waals surface area (Å²) in [6, 6.07) is 8.01. The lowest BCUT2D eigenvalue weighted by molar-refractivity contribution is 0.111. The fourth-order valence-electron chi connectivity index (χ4n) is 2.19. The third kappa shape index (κ3) is 3.59. The van der Waals surface area contributed by atoms with Crippen LogP contribution in [0.1, 0.15) is 40.6 Å². The number of carbonyl (C=O) groups is 1. The van der Waals surface area contributed by atoms with Gasteiger partial charge in [-0.05, 0) is 37.0 Å². The fourth-order valence-corrected chi connectivity index (χ4v) is 2.53. The van der Waals surface area contributed by atoms with Crippen molar-refractivity contribution in [2.45, 2.75) is 30.1 Å². The third-order valence-electron chi connectivity index (χ3n) is 3.59. The van der Waals surface area contributed by atoms with Crippen LogP contribution in [0.15, 0.2) is 29.2 Å². The summed E-state index contributed by atoms with van der Waals surface area (Å²) >= 11 is 10.4. The number of aldehydes is 1. The van der Waals surface area contributed by atoms with E-state index in [1.807, 2.05) is 24.3 Å². The number of nitrogens with one attached hydrogen (secondary N) is 1. The Balaban J connectivity index is 1.69. The first-order valence-electron chi connectivity index (χ1n) is 7.22. The van der Waals surface area contributed by atoms with Gasteiger partial charge in [0.2, 0.25) is 0 Å². The second kappa shape index (κ2) is 6.67. The van der Waals surface area contributed by atoms with Gasteiger partial charge in [-0.15, -0.1) is 12.6 Å². The van der Waals surface area contributed by atoms with Crippen LogP contribution in [-0.2, 0) is 6.42 Å². The van der Waals surface area contributed by atoms with Crippen molar-refractivity contribution in [3.05, 3.63) is 46.4 Å². The van der Waals surface area contributed by atoms with Crippen LogP contribution in [0, 0.1) is 0 Å². The highest BCUT2D eigenvalue weighted by molar-refractivity contribution is 7.80. The van der Waals surface area contributed by atoms with Crippen molar-refractivity contribution in [2.24, 2.45) is 0 Å². The monoisotopic (exact) mass is 333 g/mol. The van der Waals surface area contributed by atoms with Crippen LogP contribution >= 0.6 is 24.2 Å². The van der Waals surface area contributed by atoms with Gasteiger partial charge in [-0.3, -0.25) is 4.79 Å². The Morgan fingerprint density at radius 2 is 2.00 bits per heavy atom. The average molecular weight is 334 g/mol. The van der Waals surface area contributed by atoms with Gasteiger partial charge in [0.1, 0.15) is 22.4 Å². The van der Waals surface area contributed by atoms with E-state index in [9.17, 15) is 4.79 Å². The van der Waals surface area contributed by atoms with Crippen LogP contribution < -0.4 is 5.32 Å². The van der Waals surface area contributed by atoms with Gasteiger partial charge in [-0.25, -0.2) is 9.97 Å². The predicted molar refractivity (Wildman–Crippen MR) is 90.3 cm³/mol. The van der Waals surface area contributed by atoms with E-state index in [0.29, 0.717) is 35.4 Å². The summed E-state index contributed by atoms with van der Waals surface area (Å²) in [5.74, 6) is 1.64. The first kappa shape index (κ1) is 15.3. The standard InChI is InChI=1S/C16H16ClN3OS/c17-14-13(9-21)19-15(11-3-4-11)20-16(14)18-8-7-10-1-5-12(22)6-2-10/h1-2,5-6,9,11,22H,3-4,7-8H2,(H,18,19,20). The Bertz CT molecular complexity index is 687. The number of anilines is 1. The molecule has 0 spiro atoms. The maximum atomic E-state index is 11.1. The van der Waals surface area contributed by atoms with E-state index >= 15 is 0 Å². The average Bonchev–Trinajstić information content (AvgIpc) is 3.36. The normalized spacial score (nSPS) is 13.9. The lowest BCUT2D eigenvalue weighted by Gasteiger charge is -2.10. The summed E-state index contributed by atoms with van der Waals surface area (Å²) in [5.41, 5.74) is 1.47. The quantitative estimate of drug-likeness (QED) is 0.624. The van der Waals surface area contributed by atoms with Crippen LogP contribution in [0.5, 0.6) is 0 Å². The van der Waals surface area contributed by atoms with Crippen molar-refractivity contribution in [2.75, 3.05) is 11.9 Å². The van der Waals surface area contributed by atoms with Gasteiger partial charge in [0.25, 0.3) is 0 Å². The second-order valence-electron chi connectivity index (χ2n) is 5.36. The Hall–Kier alpha value is -1.59. The van der Waals surface area contributed by atoms with E-state index in [-0.39, 0.29) is 5.69 Å². The van der Waals surface area contributed by atoms with Gasteiger partial charge in [-0.1, -0.05) is 23.7 Å². The molecule has 1 aliphatic rings. The zero-order valence-electron chi connectivity index (χ0n) is 11.9. The van der Waals surface area contributed by atoms with E-state index < -0.39 is 0 Å². The van der Waals surface area contributed by atoms with Gasteiger partial charge < -0.3 is 5.32 Å². The molecule has 6 heteroatoms. The zero-order chi connectivity index (χ0) is 15.5. The summed E-state index contributed by atoms with van der Waals surface area (Å²) in [6.07, 6.45) is 3.68. The van der Waals surface area contributed by atoms with Crippen molar-refractivity contribution in [3.8, 4) is 0 Å². The van der Waals surface area contributed by atoms with E-state index in [4.69, 9.17) is 11.6 Å². The molecule has 0 bridgehead atoms. The van der Waals surface area contributed by atoms with Crippen LogP contribution in [-0.4, -0.2) is 22.8 Å². The molecule has 114 valence electrons. The minimum absolute atomic E-state index is 0.264. The molecule has 0 unspecified atom stereocenters. The molecule has 2 aromatic rings. The number of halogens is 1. The van der Waals surface area contributed by atoms with Gasteiger partial charge in [0.15, 0.2) is 6.29 Å². The number of thiol groups is 1. The molecule has 1 N–H and O–H groups in total. The van der Waals surface area contributed by atoms with Crippen LogP contribution in [0.3, 0.4) is 0 Å². The van der Waals surface area contributed by atoms with Crippen molar-refractivity contribution in [1.29, 1.82) is 0 Å². The molecule has 0 aliphatic heterocycles. The molecule has 1 saturated carbocycles. The highest BCUT2D eigenvalue weighted by atomic mass is 35.5. The van der Waals surface area contributed by atoms with Crippen LogP contribution in [0.4, 0.5) is 5.82 Å². The highest BCUT2D eigenvalue weighted by Gasteiger charge is 2.28. The van der Waals surface area contributed by atoms with E-state index in [2.05, 4.69) is 27.9 Å². The molecule has 0 radical (unpaired) electrons. The Morgan fingerprint density at radius 1 is 1.27 bits per heavy atom. The van der Waals surface area contributed by atoms with Crippen molar-refractivity contribution in [1.82, 2.24) is 9.97 Å². The third-order valence-corrected chi connectivity index (χ3v) is 4.26. The van der Waals surface area contributed by atoms with Gasteiger partial charge in [0, 0.05) is 17.4 Å². The Kier molecular flexibility index (Phi) is 4.64. The van der Waals surface area contributed by atoms with E-state index in [0.717, 1.165) is 24.2 Å². The Labute approximate surface area is 139 Å². The lowest BCUT2D eigenvalue weighted by Crippen LogP contribution is -2.10. The maximum Gasteiger partial charge on any atom is 0.170 e. The molecular weight excluding hydrogens is 318 g/mol. The second-order valence-corrected chi connectivity index (χ2v) is 6.26. The zero-order valence-corrected chi connectivity index (χ0v) is 13.6. The number of carbonyl (C=O) groups excluding carboxylic acids is 1. The van der Waals surface area contributed by atoms with Gasteiger partial charge in [0.05, 0.1) is 0 Å². The number of rotatable bonds is 6. The summed E-state index contributed by atoms with van der Waals surface area (Å²) in [7, 11) is 0. The largest absolute Gasteiger partial charge is 0.368 e. The topological polar surface area (TPSA) is 54.9 Å². The Morgan fingerprint density at radius 3 is 2.64 bits per heavy atom. The lowest BCUT2D eigenvalue weighted by atomic mass is 10.1. The van der Waals surface area contributed by atoms with Crippen LogP contribution in [0.25, 0.3) is 0 Å². The highest BCUT2D eigenvalue weighted by Crippen LogP contribution is 2.39. The molecule has 1 aliphatic carbocycles. The molecule has 0 atom stereocenters. The van der Waals surface area contributed by atoms with Crippen LogP contribution in [0.2, 0.25) is 5.02 Å². The molecule has 0 amide bonds. The molecular formula is C16H16ClN3OS. The minimum atomic E-state index is 0.264. The number of hydrogen-bond acceptors (Lipinski definition) is 5. The van der Waals surface area contributed by atoms with Crippen molar-refractivity contribution >= 4 is 36.3 Å². The number of hydrogen-bond donors (Lipinski definition) is 2. The summed E-state index contributed by atoms with van der Waals surface area (Å²) in [5, 5.41) is 3.51. The fraction of sp³-hybridized carbons (Fsp3) is 0.312. The molecule has 1 heterocycles. The molecule has 4 nitrogen and oxygen atoms in total. The van der Waals surface area contributed by atoms with Crippen molar-refractivity contribution in [3.63, 3.8) is 0 Å². The SMILES string of the molecule is O=Cc1nc(C2CC2)nc(NCCc2ccc(S)cc2)c1Cl. The predicted octanol–water partition coefficient (Wildman–Crippen LogP) is 3.76. The number of nitrogens with zero attached hydrogens (tertiary/aromatic N) is 2. The summed E-state index contributed by atoms with van der Waals surface area (Å²) in [4.78, 5) is 20.7. The summed E-state index contributed by atoms with van der Waals surface area (Å²) < 4.78 is 0. The van der Waals surface area contributed by atoms with E-state index in [1.165, 1.54) is 5.56 Å². The first-order chi connectivity index (χ1) is 10.7. The molecule has 3 rings (SSSR count). The molecule has 1 fully saturated rings. The van der Waals surface area contributed by atoms with E-state index in [1.54, 1.807) is 0 Å². The number of aromatic nitrogens is 2. The van der Waals surface area contributed by atoms with Gasteiger partial charge in [-0.2, -0.15) is 0 Å². The maximum absolute atomic E-state index is 11.1. The first-order valence-corrected chi connectivity index (χ1v) is 8.04. The van der Waals surface area contributed by atoms with Crippen molar-refractivity contribution < 1.29 is 4.79 Å². The molecule has 22 heavy (non-hydrogen) atoms. The number of benzene rings is 1.